The highest BCUT2D eigenvalue weighted by molar-refractivity contribution is 5.68. The lowest BCUT2D eigenvalue weighted by molar-refractivity contribution is 0.0172. The number of halogens is 1. The van der Waals surface area contributed by atoms with Crippen LogP contribution in [0.4, 0.5) is 14.9 Å². The minimum atomic E-state index is -0.505. The van der Waals surface area contributed by atoms with E-state index in [9.17, 15) is 9.18 Å². The normalized spacial score (nSPS) is 17.8. The average Bonchev–Trinajstić information content (AvgIpc) is 2.54. The Balaban J connectivity index is 1.97. The zero-order valence-corrected chi connectivity index (χ0v) is 15.4. The average molecular weight is 347 g/mol. The third kappa shape index (κ3) is 5.35. The van der Waals surface area contributed by atoms with Crippen molar-refractivity contribution in [2.24, 2.45) is 5.92 Å². The quantitative estimate of drug-likeness (QED) is 0.895. The van der Waals surface area contributed by atoms with Crippen LogP contribution in [0, 0.1) is 30.0 Å². The van der Waals surface area contributed by atoms with Crippen LogP contribution in [0.25, 0.3) is 0 Å². The Morgan fingerprint density at radius 2 is 2.20 bits per heavy atom. The van der Waals surface area contributed by atoms with Crippen molar-refractivity contribution in [2.75, 3.05) is 25.0 Å². The molecule has 1 amide bonds. The zero-order chi connectivity index (χ0) is 18.6. The summed E-state index contributed by atoms with van der Waals surface area (Å²) in [5.41, 5.74) is 0.920. The van der Waals surface area contributed by atoms with Crippen LogP contribution in [-0.4, -0.2) is 36.2 Å². The van der Waals surface area contributed by atoms with Crippen LogP contribution in [0.3, 0.4) is 0 Å². The van der Waals surface area contributed by atoms with Gasteiger partial charge in [-0.05, 0) is 58.6 Å². The van der Waals surface area contributed by atoms with Crippen LogP contribution in [0.15, 0.2) is 12.1 Å². The number of likely N-dealkylation sites (tertiary alicyclic amines) is 1. The molecule has 0 aliphatic carbocycles. The highest BCUT2D eigenvalue weighted by Crippen LogP contribution is 2.23. The fourth-order valence-electron chi connectivity index (χ4n) is 2.91. The van der Waals surface area contributed by atoms with Gasteiger partial charge in [0.1, 0.15) is 11.4 Å². The molecule has 25 heavy (non-hydrogen) atoms. The van der Waals surface area contributed by atoms with Crippen molar-refractivity contribution in [1.82, 2.24) is 4.90 Å². The number of nitrogens with one attached hydrogen (secondary N) is 1. The van der Waals surface area contributed by atoms with E-state index in [-0.39, 0.29) is 17.8 Å². The number of carbonyl (C=O) groups excluding carboxylic acids is 1. The van der Waals surface area contributed by atoms with Gasteiger partial charge in [-0.1, -0.05) is 0 Å². The van der Waals surface area contributed by atoms with Gasteiger partial charge in [-0.3, -0.25) is 0 Å². The molecule has 0 spiro atoms. The van der Waals surface area contributed by atoms with Gasteiger partial charge >= 0.3 is 6.09 Å². The molecule has 136 valence electrons. The van der Waals surface area contributed by atoms with E-state index in [0.717, 1.165) is 12.8 Å². The van der Waals surface area contributed by atoms with Gasteiger partial charge in [0.25, 0.3) is 0 Å². The van der Waals surface area contributed by atoms with Crippen molar-refractivity contribution in [3.8, 4) is 6.07 Å². The van der Waals surface area contributed by atoms with Crippen molar-refractivity contribution < 1.29 is 13.9 Å². The maximum atomic E-state index is 13.9. The van der Waals surface area contributed by atoms with Gasteiger partial charge in [0.15, 0.2) is 0 Å². The Hall–Kier alpha value is -2.29. The molecule has 0 radical (unpaired) electrons. The van der Waals surface area contributed by atoms with Crippen molar-refractivity contribution in [3.05, 3.63) is 29.1 Å². The molecule has 0 aromatic heterocycles. The van der Waals surface area contributed by atoms with Crippen molar-refractivity contribution in [3.63, 3.8) is 0 Å². The Labute approximate surface area is 148 Å². The summed E-state index contributed by atoms with van der Waals surface area (Å²) < 4.78 is 19.3. The maximum Gasteiger partial charge on any atom is 0.410 e. The molecular weight excluding hydrogens is 321 g/mol. The predicted molar refractivity (Wildman–Crippen MR) is 94.9 cm³/mol. The number of hydrogen-bond donors (Lipinski definition) is 1. The molecule has 1 heterocycles. The first-order chi connectivity index (χ1) is 11.7. The molecule has 1 atom stereocenters. The highest BCUT2D eigenvalue weighted by Gasteiger charge is 2.27. The SMILES string of the molecule is Cc1c(F)cc(C#N)cc1NCC1CCCN(C(=O)OC(C)(C)C)C1. The molecule has 1 fully saturated rings. The minimum absolute atomic E-state index is 0.259. The Bertz CT molecular complexity index is 676. The number of ether oxygens (including phenoxy) is 1. The van der Waals surface area contributed by atoms with Gasteiger partial charge in [0, 0.05) is 30.9 Å². The summed E-state index contributed by atoms with van der Waals surface area (Å²) in [4.78, 5) is 13.9. The first kappa shape index (κ1) is 19.0. The van der Waals surface area contributed by atoms with E-state index in [2.05, 4.69) is 5.32 Å². The molecule has 6 heteroatoms. The topological polar surface area (TPSA) is 65.4 Å². The number of anilines is 1. The summed E-state index contributed by atoms with van der Waals surface area (Å²) in [7, 11) is 0. The standard InChI is InChI=1S/C19H26FN3O2/c1-13-16(20)8-15(10-21)9-17(13)22-11-14-6-5-7-23(12-14)18(24)25-19(2,3)4/h8-9,14,22H,5-7,11-12H2,1-4H3. The summed E-state index contributed by atoms with van der Waals surface area (Å²) in [5, 5.41) is 12.2. The third-order valence-corrected chi connectivity index (χ3v) is 4.23. The second-order valence-electron chi connectivity index (χ2n) is 7.56. The summed E-state index contributed by atoms with van der Waals surface area (Å²) in [6.07, 6.45) is 1.62. The second kappa shape index (κ2) is 7.73. The fraction of sp³-hybridized carbons (Fsp3) is 0.579. The number of nitriles is 1. The van der Waals surface area contributed by atoms with E-state index < -0.39 is 5.60 Å². The number of hydrogen-bond acceptors (Lipinski definition) is 4. The van der Waals surface area contributed by atoms with E-state index in [1.165, 1.54) is 6.07 Å². The van der Waals surface area contributed by atoms with Crippen molar-refractivity contribution >= 4 is 11.8 Å². The lowest BCUT2D eigenvalue weighted by Gasteiger charge is -2.34. The number of carbonyl (C=O) groups is 1. The molecule has 0 bridgehead atoms. The largest absolute Gasteiger partial charge is 0.444 e. The van der Waals surface area contributed by atoms with Gasteiger partial charge < -0.3 is 15.0 Å². The predicted octanol–water partition coefficient (Wildman–Crippen LogP) is 4.06. The summed E-state index contributed by atoms with van der Waals surface area (Å²) in [6, 6.07) is 4.87. The Morgan fingerprint density at radius 1 is 1.48 bits per heavy atom. The summed E-state index contributed by atoms with van der Waals surface area (Å²) in [6.45, 7) is 9.18. The molecule has 1 aliphatic heterocycles. The maximum absolute atomic E-state index is 13.9. The van der Waals surface area contributed by atoms with Gasteiger partial charge in [-0.25, -0.2) is 9.18 Å². The first-order valence-corrected chi connectivity index (χ1v) is 8.61. The number of amides is 1. The van der Waals surface area contributed by atoms with Gasteiger partial charge in [0.05, 0.1) is 11.6 Å². The number of rotatable bonds is 3. The summed E-state index contributed by atoms with van der Waals surface area (Å²) in [5.74, 6) is -0.130. The van der Waals surface area contributed by atoms with Crippen LogP contribution in [-0.2, 0) is 4.74 Å². The van der Waals surface area contributed by atoms with E-state index in [4.69, 9.17) is 10.00 Å². The zero-order valence-electron chi connectivity index (χ0n) is 15.4. The molecule has 5 nitrogen and oxygen atoms in total. The molecular formula is C19H26FN3O2. The Morgan fingerprint density at radius 3 is 2.84 bits per heavy atom. The fourth-order valence-corrected chi connectivity index (χ4v) is 2.91. The van der Waals surface area contributed by atoms with E-state index >= 15 is 0 Å². The van der Waals surface area contributed by atoms with Crippen LogP contribution in [0.2, 0.25) is 0 Å². The van der Waals surface area contributed by atoms with E-state index in [1.807, 2.05) is 26.8 Å². The molecule has 1 aromatic carbocycles. The Kier molecular flexibility index (Phi) is 5.89. The second-order valence-corrected chi connectivity index (χ2v) is 7.56. The molecule has 1 aromatic rings. The minimum Gasteiger partial charge on any atom is -0.444 e. The monoisotopic (exact) mass is 347 g/mol. The molecule has 1 N–H and O–H groups in total. The smallest absolute Gasteiger partial charge is 0.410 e. The lowest BCUT2D eigenvalue weighted by Crippen LogP contribution is -2.44. The number of benzene rings is 1. The summed E-state index contributed by atoms with van der Waals surface area (Å²) >= 11 is 0. The molecule has 1 unspecified atom stereocenters. The van der Waals surface area contributed by atoms with Gasteiger partial charge in [-0.15, -0.1) is 0 Å². The van der Waals surface area contributed by atoms with Crippen molar-refractivity contribution in [2.45, 2.75) is 46.1 Å². The molecule has 1 saturated heterocycles. The van der Waals surface area contributed by atoms with Crippen LogP contribution in [0.5, 0.6) is 0 Å². The number of piperidine rings is 1. The molecule has 0 saturated carbocycles. The molecule has 2 rings (SSSR count). The lowest BCUT2D eigenvalue weighted by atomic mass is 9.98. The number of nitrogens with zero attached hydrogens (tertiary/aromatic N) is 2. The van der Waals surface area contributed by atoms with Crippen molar-refractivity contribution in [1.29, 1.82) is 5.26 Å². The highest BCUT2D eigenvalue weighted by atomic mass is 19.1. The molecule has 1 aliphatic rings. The van der Waals surface area contributed by atoms with Crippen LogP contribution in [0.1, 0.15) is 44.7 Å². The van der Waals surface area contributed by atoms with Crippen LogP contribution >= 0.6 is 0 Å². The van der Waals surface area contributed by atoms with E-state index in [1.54, 1.807) is 17.9 Å². The van der Waals surface area contributed by atoms with Crippen LogP contribution < -0.4 is 5.32 Å². The first-order valence-electron chi connectivity index (χ1n) is 8.61. The third-order valence-electron chi connectivity index (χ3n) is 4.23. The van der Waals surface area contributed by atoms with E-state index in [0.29, 0.717) is 36.4 Å². The van der Waals surface area contributed by atoms with Gasteiger partial charge in [0.2, 0.25) is 0 Å². The van der Waals surface area contributed by atoms with Gasteiger partial charge in [-0.2, -0.15) is 5.26 Å².